The maximum absolute atomic E-state index is 12.7. The van der Waals surface area contributed by atoms with Crippen molar-refractivity contribution in [3.63, 3.8) is 0 Å². The number of nitrogens with zero attached hydrogens (tertiary/aromatic N) is 1. The van der Waals surface area contributed by atoms with Crippen LogP contribution in [-0.2, 0) is 24.5 Å². The lowest BCUT2D eigenvalue weighted by Crippen LogP contribution is -2.58. The van der Waals surface area contributed by atoms with Crippen molar-refractivity contribution in [2.45, 2.75) is 18.8 Å². The van der Waals surface area contributed by atoms with Gasteiger partial charge in [0.2, 0.25) is 5.91 Å². The summed E-state index contributed by atoms with van der Waals surface area (Å²) in [6.07, 6.45) is -0.563. The lowest BCUT2D eigenvalue weighted by Gasteiger charge is -2.37. The van der Waals surface area contributed by atoms with E-state index in [1.165, 1.54) is 19.2 Å². The Labute approximate surface area is 127 Å². The predicted molar refractivity (Wildman–Crippen MR) is 75.8 cm³/mol. The average Bonchev–Trinajstić information content (AvgIpc) is 2.48. The van der Waals surface area contributed by atoms with Gasteiger partial charge in [0.05, 0.1) is 13.5 Å². The number of carbonyl (C=O) groups excluding carboxylic acids is 4. The number of rotatable bonds is 3. The molecule has 2 N–H and O–H groups in total. The van der Waals surface area contributed by atoms with E-state index in [9.17, 15) is 19.2 Å². The molecule has 1 atom stereocenters. The smallest absolute Gasteiger partial charge is 0.326 e. The van der Waals surface area contributed by atoms with Crippen molar-refractivity contribution in [3.05, 3.63) is 34.9 Å². The van der Waals surface area contributed by atoms with Gasteiger partial charge < -0.3 is 10.5 Å². The topological polar surface area (TPSA) is 107 Å². The molecular weight excluding hydrogens is 288 g/mol. The summed E-state index contributed by atoms with van der Waals surface area (Å²) < 4.78 is 4.74. The lowest BCUT2D eigenvalue weighted by molar-refractivity contribution is -0.157. The van der Waals surface area contributed by atoms with Crippen LogP contribution >= 0.6 is 0 Å². The molecule has 0 fully saturated rings. The molecule has 0 radical (unpaired) electrons. The van der Waals surface area contributed by atoms with Crippen LogP contribution in [0.5, 0.6) is 0 Å². The number of benzene rings is 1. The number of imide groups is 1. The molecule has 1 aliphatic rings. The van der Waals surface area contributed by atoms with Crippen LogP contribution in [0.3, 0.4) is 0 Å². The number of hydrogen-bond acceptors (Lipinski definition) is 5. The molecule has 1 aromatic rings. The number of nitrogens with two attached hydrogens (primary N) is 1. The summed E-state index contributed by atoms with van der Waals surface area (Å²) >= 11 is 0. The summed E-state index contributed by atoms with van der Waals surface area (Å²) in [5.74, 6) is -3.11. The molecule has 1 heterocycles. The highest BCUT2D eigenvalue weighted by Crippen LogP contribution is 2.38. The quantitative estimate of drug-likeness (QED) is 0.476. The zero-order valence-electron chi connectivity index (χ0n) is 12.5. The first-order valence-electron chi connectivity index (χ1n) is 6.56. The molecule has 0 spiro atoms. The summed E-state index contributed by atoms with van der Waals surface area (Å²) in [6, 6.07) is 4.75. The first-order valence-corrected chi connectivity index (χ1v) is 6.56. The van der Waals surface area contributed by atoms with Gasteiger partial charge in [-0.3, -0.25) is 24.1 Å². The standard InChI is InChI=1S/C15H16N2O5/c1-8-4-5-9-10(6-8)15(7-11(16)18,14(21)22-3)13(20)17(2)12(9)19/h4-6H,7H2,1-3H3,(H2,16,18). The van der Waals surface area contributed by atoms with Crippen molar-refractivity contribution in [2.75, 3.05) is 14.2 Å². The first-order chi connectivity index (χ1) is 10.3. The second-order valence-electron chi connectivity index (χ2n) is 5.26. The van der Waals surface area contributed by atoms with Gasteiger partial charge in [-0.15, -0.1) is 0 Å². The highest BCUT2D eigenvalue weighted by Gasteiger charge is 2.56. The average molecular weight is 304 g/mol. The zero-order valence-corrected chi connectivity index (χ0v) is 12.5. The van der Waals surface area contributed by atoms with Crippen molar-refractivity contribution in [1.82, 2.24) is 4.90 Å². The van der Waals surface area contributed by atoms with Crippen LogP contribution in [0.25, 0.3) is 0 Å². The third kappa shape index (κ3) is 2.05. The minimum absolute atomic E-state index is 0.159. The molecule has 7 heteroatoms. The molecule has 0 bridgehead atoms. The van der Waals surface area contributed by atoms with E-state index in [-0.39, 0.29) is 11.1 Å². The number of primary amides is 1. The number of aryl methyl sites for hydroxylation is 1. The van der Waals surface area contributed by atoms with Crippen LogP contribution in [0, 0.1) is 6.92 Å². The highest BCUT2D eigenvalue weighted by atomic mass is 16.5. The van der Waals surface area contributed by atoms with E-state index < -0.39 is 35.5 Å². The van der Waals surface area contributed by atoms with Crippen LogP contribution in [0.4, 0.5) is 0 Å². The highest BCUT2D eigenvalue weighted by molar-refractivity contribution is 6.22. The van der Waals surface area contributed by atoms with E-state index in [2.05, 4.69) is 0 Å². The number of hydrogen-bond donors (Lipinski definition) is 1. The Kier molecular flexibility index (Phi) is 3.74. The maximum atomic E-state index is 12.7. The fraction of sp³-hybridized carbons (Fsp3) is 0.333. The molecule has 116 valence electrons. The Morgan fingerprint density at radius 3 is 2.50 bits per heavy atom. The molecule has 0 saturated carbocycles. The monoisotopic (exact) mass is 304 g/mol. The predicted octanol–water partition coefficient (Wildman–Crippen LogP) is -0.107. The van der Waals surface area contributed by atoms with Crippen LogP contribution in [0.2, 0.25) is 0 Å². The largest absolute Gasteiger partial charge is 0.468 e. The van der Waals surface area contributed by atoms with Gasteiger partial charge in [0.1, 0.15) is 0 Å². The number of carbonyl (C=O) groups is 4. The van der Waals surface area contributed by atoms with Crippen molar-refractivity contribution < 1.29 is 23.9 Å². The molecular formula is C15H16N2O5. The van der Waals surface area contributed by atoms with Gasteiger partial charge in [-0.1, -0.05) is 17.7 Å². The number of methoxy groups -OCH3 is 1. The number of fused-ring (bicyclic) bond motifs is 1. The fourth-order valence-corrected chi connectivity index (χ4v) is 2.75. The second kappa shape index (κ2) is 5.25. The van der Waals surface area contributed by atoms with Crippen molar-refractivity contribution >= 4 is 23.7 Å². The van der Waals surface area contributed by atoms with E-state index in [4.69, 9.17) is 10.5 Å². The van der Waals surface area contributed by atoms with Gasteiger partial charge in [-0.25, -0.2) is 0 Å². The van der Waals surface area contributed by atoms with Gasteiger partial charge in [0, 0.05) is 12.6 Å². The second-order valence-corrected chi connectivity index (χ2v) is 5.26. The fourth-order valence-electron chi connectivity index (χ4n) is 2.75. The van der Waals surface area contributed by atoms with E-state index in [1.807, 2.05) is 0 Å². The van der Waals surface area contributed by atoms with Crippen LogP contribution in [-0.4, -0.2) is 42.7 Å². The normalized spacial score (nSPS) is 20.6. The SMILES string of the molecule is COC(=O)C1(CC(N)=O)C(=O)N(C)C(=O)c2ccc(C)cc21. The first kappa shape index (κ1) is 15.7. The minimum Gasteiger partial charge on any atom is -0.468 e. The van der Waals surface area contributed by atoms with Gasteiger partial charge in [-0.2, -0.15) is 0 Å². The van der Waals surface area contributed by atoms with Crippen molar-refractivity contribution in [1.29, 1.82) is 0 Å². The van der Waals surface area contributed by atoms with E-state index in [0.717, 1.165) is 17.6 Å². The molecule has 1 unspecified atom stereocenters. The molecule has 1 aromatic carbocycles. The molecule has 1 aliphatic heterocycles. The maximum Gasteiger partial charge on any atom is 0.326 e. The number of amides is 3. The van der Waals surface area contributed by atoms with E-state index in [1.54, 1.807) is 13.0 Å². The number of likely N-dealkylation sites (N-methyl/N-ethyl adjacent to an activating group) is 1. The molecule has 2 rings (SSSR count). The summed E-state index contributed by atoms with van der Waals surface area (Å²) in [5, 5.41) is 0. The summed E-state index contributed by atoms with van der Waals surface area (Å²) in [4.78, 5) is 49.6. The third-order valence-electron chi connectivity index (χ3n) is 3.81. The molecule has 3 amide bonds. The Balaban J connectivity index is 2.85. The molecule has 0 saturated heterocycles. The number of ether oxygens (including phenoxy) is 1. The Bertz CT molecular complexity index is 697. The molecule has 0 aliphatic carbocycles. The Morgan fingerprint density at radius 2 is 1.95 bits per heavy atom. The van der Waals surface area contributed by atoms with E-state index >= 15 is 0 Å². The molecule has 22 heavy (non-hydrogen) atoms. The van der Waals surface area contributed by atoms with Crippen LogP contribution < -0.4 is 5.73 Å². The summed E-state index contributed by atoms with van der Waals surface area (Å²) in [7, 11) is 2.37. The van der Waals surface area contributed by atoms with Gasteiger partial charge in [-0.05, 0) is 18.6 Å². The Morgan fingerprint density at radius 1 is 1.32 bits per heavy atom. The lowest BCUT2D eigenvalue weighted by atomic mass is 9.71. The Hall–Kier alpha value is -2.70. The van der Waals surface area contributed by atoms with Gasteiger partial charge in [0.25, 0.3) is 11.8 Å². The molecule has 0 aromatic heterocycles. The molecule has 7 nitrogen and oxygen atoms in total. The third-order valence-corrected chi connectivity index (χ3v) is 3.81. The van der Waals surface area contributed by atoms with Crippen LogP contribution in [0.1, 0.15) is 27.9 Å². The van der Waals surface area contributed by atoms with Crippen molar-refractivity contribution in [3.8, 4) is 0 Å². The minimum atomic E-state index is -1.93. The van der Waals surface area contributed by atoms with Crippen molar-refractivity contribution in [2.24, 2.45) is 5.73 Å². The number of esters is 1. The van der Waals surface area contributed by atoms with Crippen LogP contribution in [0.15, 0.2) is 18.2 Å². The van der Waals surface area contributed by atoms with Gasteiger partial charge in [0.15, 0.2) is 5.41 Å². The summed E-state index contributed by atoms with van der Waals surface area (Å²) in [5.41, 5.74) is 4.39. The van der Waals surface area contributed by atoms with Gasteiger partial charge >= 0.3 is 5.97 Å². The zero-order chi connectivity index (χ0) is 16.7. The van der Waals surface area contributed by atoms with E-state index in [0.29, 0.717) is 0 Å². The summed E-state index contributed by atoms with van der Waals surface area (Å²) in [6.45, 7) is 1.75.